The predicted molar refractivity (Wildman–Crippen MR) is 46.6 cm³/mol. The van der Waals surface area contributed by atoms with E-state index in [-0.39, 0.29) is 0 Å². The maximum atomic E-state index is 3.49. The smallest absolute Gasteiger partial charge is 0.0249 e. The van der Waals surface area contributed by atoms with E-state index in [2.05, 4.69) is 24.2 Å². The Hall–Kier alpha value is -0.0800. The van der Waals surface area contributed by atoms with Crippen LogP contribution in [0.25, 0.3) is 0 Å². The summed E-state index contributed by atoms with van der Waals surface area (Å²) in [5.74, 6) is 1.01. The molecule has 1 saturated carbocycles. The molecule has 2 aliphatic rings. The summed E-state index contributed by atoms with van der Waals surface area (Å²) in [7, 11) is 2.27. The van der Waals surface area contributed by atoms with Crippen molar-refractivity contribution in [1.29, 1.82) is 0 Å². The number of nitrogens with zero attached hydrogens (tertiary/aromatic N) is 1. The minimum Gasteiger partial charge on any atom is -0.314 e. The average molecular weight is 154 g/mol. The minimum absolute atomic E-state index is 0.731. The van der Waals surface area contributed by atoms with Crippen molar-refractivity contribution in [3.63, 3.8) is 0 Å². The second-order valence-electron chi connectivity index (χ2n) is 4.08. The highest BCUT2D eigenvalue weighted by atomic mass is 15.2. The molecular weight excluding hydrogens is 136 g/mol. The highest BCUT2D eigenvalue weighted by Gasteiger charge is 2.36. The normalized spacial score (nSPS) is 40.9. The van der Waals surface area contributed by atoms with Crippen LogP contribution in [0.1, 0.15) is 19.8 Å². The molecule has 2 fully saturated rings. The molecule has 2 atom stereocenters. The SMILES string of the molecule is CC1CNCC(C2CC2)N1C. The van der Waals surface area contributed by atoms with Crippen molar-refractivity contribution in [3.05, 3.63) is 0 Å². The van der Waals surface area contributed by atoms with Gasteiger partial charge in [-0.15, -0.1) is 0 Å². The van der Waals surface area contributed by atoms with Crippen LogP contribution in [0.3, 0.4) is 0 Å². The number of hydrogen-bond donors (Lipinski definition) is 1. The Balaban J connectivity index is 1.95. The van der Waals surface area contributed by atoms with Crippen molar-refractivity contribution < 1.29 is 0 Å². The Labute approximate surface area is 69.0 Å². The first kappa shape index (κ1) is 7.56. The van der Waals surface area contributed by atoms with Crippen molar-refractivity contribution in [2.75, 3.05) is 20.1 Å². The standard InChI is InChI=1S/C9H18N2/c1-7-5-10-6-9(11(7)2)8-3-4-8/h7-10H,3-6H2,1-2H3. The lowest BCUT2D eigenvalue weighted by molar-refractivity contribution is 0.125. The Morgan fingerprint density at radius 1 is 1.27 bits per heavy atom. The van der Waals surface area contributed by atoms with Gasteiger partial charge in [-0.2, -0.15) is 0 Å². The van der Waals surface area contributed by atoms with Gasteiger partial charge in [0, 0.05) is 25.2 Å². The molecule has 2 unspecified atom stereocenters. The third-order valence-corrected chi connectivity index (χ3v) is 3.18. The third kappa shape index (κ3) is 1.42. The summed E-state index contributed by atoms with van der Waals surface area (Å²) in [6, 6.07) is 1.56. The van der Waals surface area contributed by atoms with Crippen LogP contribution in [0, 0.1) is 5.92 Å². The zero-order valence-electron chi connectivity index (χ0n) is 7.51. The molecule has 2 rings (SSSR count). The molecule has 11 heavy (non-hydrogen) atoms. The van der Waals surface area contributed by atoms with Gasteiger partial charge in [-0.25, -0.2) is 0 Å². The maximum absolute atomic E-state index is 3.49. The first-order chi connectivity index (χ1) is 5.29. The lowest BCUT2D eigenvalue weighted by Gasteiger charge is -2.38. The molecule has 1 heterocycles. The molecule has 2 heteroatoms. The van der Waals surface area contributed by atoms with E-state index in [1.165, 1.54) is 25.9 Å². The fourth-order valence-corrected chi connectivity index (χ4v) is 2.04. The van der Waals surface area contributed by atoms with E-state index in [0.717, 1.165) is 18.0 Å². The second-order valence-corrected chi connectivity index (χ2v) is 4.08. The molecule has 0 amide bonds. The molecule has 0 aromatic rings. The molecule has 0 spiro atoms. The third-order valence-electron chi connectivity index (χ3n) is 3.18. The largest absolute Gasteiger partial charge is 0.314 e. The maximum Gasteiger partial charge on any atom is 0.0249 e. The van der Waals surface area contributed by atoms with Gasteiger partial charge in [0.2, 0.25) is 0 Å². The van der Waals surface area contributed by atoms with Crippen molar-refractivity contribution >= 4 is 0 Å². The van der Waals surface area contributed by atoms with E-state index >= 15 is 0 Å². The zero-order chi connectivity index (χ0) is 7.84. The summed E-state index contributed by atoms with van der Waals surface area (Å²) in [5, 5.41) is 3.49. The van der Waals surface area contributed by atoms with Gasteiger partial charge in [-0.1, -0.05) is 0 Å². The summed E-state index contributed by atoms with van der Waals surface area (Å²) in [5.41, 5.74) is 0. The number of rotatable bonds is 1. The highest BCUT2D eigenvalue weighted by Crippen LogP contribution is 2.35. The van der Waals surface area contributed by atoms with Crippen LogP contribution in [-0.4, -0.2) is 37.1 Å². The number of piperazine rings is 1. The van der Waals surface area contributed by atoms with Gasteiger partial charge in [0.05, 0.1) is 0 Å². The molecule has 64 valence electrons. The summed E-state index contributed by atoms with van der Waals surface area (Å²) in [4.78, 5) is 2.55. The zero-order valence-corrected chi connectivity index (χ0v) is 7.51. The average Bonchev–Trinajstić information content (AvgIpc) is 2.77. The van der Waals surface area contributed by atoms with Crippen LogP contribution in [0.2, 0.25) is 0 Å². The summed E-state index contributed by atoms with van der Waals surface area (Å²) < 4.78 is 0. The van der Waals surface area contributed by atoms with Crippen molar-refractivity contribution in [2.45, 2.75) is 31.8 Å². The summed E-state index contributed by atoms with van der Waals surface area (Å²) in [6.07, 6.45) is 2.92. The molecule has 1 aliphatic heterocycles. The predicted octanol–water partition coefficient (Wildman–Crippen LogP) is 0.688. The first-order valence-corrected chi connectivity index (χ1v) is 4.71. The van der Waals surface area contributed by atoms with Gasteiger partial charge in [0.15, 0.2) is 0 Å². The van der Waals surface area contributed by atoms with Gasteiger partial charge < -0.3 is 5.32 Å². The van der Waals surface area contributed by atoms with Gasteiger partial charge >= 0.3 is 0 Å². The van der Waals surface area contributed by atoms with Gasteiger partial charge in [0.25, 0.3) is 0 Å². The Morgan fingerprint density at radius 2 is 2.00 bits per heavy atom. The summed E-state index contributed by atoms with van der Waals surface area (Å²) in [6.45, 7) is 4.69. The highest BCUT2D eigenvalue weighted by molar-refractivity contribution is 4.93. The molecule has 0 radical (unpaired) electrons. The molecule has 0 bridgehead atoms. The minimum atomic E-state index is 0.731. The molecule has 0 aromatic heterocycles. The lowest BCUT2D eigenvalue weighted by atomic mass is 10.1. The van der Waals surface area contributed by atoms with E-state index < -0.39 is 0 Å². The topological polar surface area (TPSA) is 15.3 Å². The summed E-state index contributed by atoms with van der Waals surface area (Å²) >= 11 is 0. The Kier molecular flexibility index (Phi) is 1.90. The van der Waals surface area contributed by atoms with Gasteiger partial charge in [-0.05, 0) is 32.7 Å². The van der Waals surface area contributed by atoms with Gasteiger partial charge in [0.1, 0.15) is 0 Å². The van der Waals surface area contributed by atoms with Crippen molar-refractivity contribution in [3.8, 4) is 0 Å². The van der Waals surface area contributed by atoms with Gasteiger partial charge in [-0.3, -0.25) is 4.90 Å². The number of nitrogens with one attached hydrogen (secondary N) is 1. The van der Waals surface area contributed by atoms with Crippen LogP contribution < -0.4 is 5.32 Å². The van der Waals surface area contributed by atoms with E-state index in [9.17, 15) is 0 Å². The van der Waals surface area contributed by atoms with Crippen LogP contribution in [0.4, 0.5) is 0 Å². The van der Waals surface area contributed by atoms with Crippen LogP contribution in [-0.2, 0) is 0 Å². The molecule has 1 saturated heterocycles. The van der Waals surface area contributed by atoms with Crippen LogP contribution in [0.5, 0.6) is 0 Å². The van der Waals surface area contributed by atoms with Crippen molar-refractivity contribution in [2.24, 2.45) is 5.92 Å². The van der Waals surface area contributed by atoms with E-state index in [1.807, 2.05) is 0 Å². The molecular formula is C9H18N2. The van der Waals surface area contributed by atoms with E-state index in [1.54, 1.807) is 0 Å². The quantitative estimate of drug-likeness (QED) is 0.598. The Morgan fingerprint density at radius 3 is 2.64 bits per heavy atom. The number of likely N-dealkylation sites (N-methyl/N-ethyl adjacent to an activating group) is 1. The van der Waals surface area contributed by atoms with Crippen LogP contribution >= 0.6 is 0 Å². The fraction of sp³-hybridized carbons (Fsp3) is 1.00. The molecule has 1 N–H and O–H groups in total. The fourth-order valence-electron chi connectivity index (χ4n) is 2.04. The Bertz CT molecular complexity index is 142. The van der Waals surface area contributed by atoms with Crippen molar-refractivity contribution in [1.82, 2.24) is 10.2 Å². The molecule has 2 nitrogen and oxygen atoms in total. The van der Waals surface area contributed by atoms with E-state index in [4.69, 9.17) is 0 Å². The molecule has 0 aromatic carbocycles. The van der Waals surface area contributed by atoms with Crippen LogP contribution in [0.15, 0.2) is 0 Å². The molecule has 1 aliphatic carbocycles. The number of hydrogen-bond acceptors (Lipinski definition) is 2. The lowest BCUT2D eigenvalue weighted by Crippen LogP contribution is -2.55. The van der Waals surface area contributed by atoms with E-state index in [0.29, 0.717) is 0 Å². The second kappa shape index (κ2) is 2.76. The monoisotopic (exact) mass is 154 g/mol. The first-order valence-electron chi connectivity index (χ1n) is 4.71.